The van der Waals surface area contributed by atoms with Crippen LogP contribution in [0.1, 0.15) is 19.4 Å². The summed E-state index contributed by atoms with van der Waals surface area (Å²) in [6.45, 7) is 5.80. The van der Waals surface area contributed by atoms with E-state index in [1.165, 1.54) is 0 Å². The fourth-order valence-corrected chi connectivity index (χ4v) is 2.60. The SMILES string of the molecule is CC(C)(CNC(=O)COc1ccccc1)c1ccc2c(c1)OCCO2. The van der Waals surface area contributed by atoms with Crippen LogP contribution in [0.5, 0.6) is 17.2 Å². The monoisotopic (exact) mass is 341 g/mol. The molecule has 132 valence electrons. The smallest absolute Gasteiger partial charge is 0.257 e. The lowest BCUT2D eigenvalue weighted by Crippen LogP contribution is -2.39. The van der Waals surface area contributed by atoms with E-state index in [1.807, 2.05) is 48.5 Å². The zero-order valence-corrected chi connectivity index (χ0v) is 14.6. The Kier molecular flexibility index (Phi) is 5.12. The van der Waals surface area contributed by atoms with Gasteiger partial charge in [0.05, 0.1) is 0 Å². The van der Waals surface area contributed by atoms with Crippen LogP contribution in [0.4, 0.5) is 0 Å². The maximum Gasteiger partial charge on any atom is 0.257 e. The van der Waals surface area contributed by atoms with Gasteiger partial charge in [-0.1, -0.05) is 38.1 Å². The topological polar surface area (TPSA) is 56.8 Å². The second-order valence-corrected chi connectivity index (χ2v) is 6.62. The Morgan fingerprint density at radius 2 is 1.80 bits per heavy atom. The minimum absolute atomic E-state index is 0.00122. The van der Waals surface area contributed by atoms with Gasteiger partial charge in [-0.25, -0.2) is 0 Å². The number of nitrogens with one attached hydrogen (secondary N) is 1. The van der Waals surface area contributed by atoms with E-state index in [0.29, 0.717) is 25.5 Å². The van der Waals surface area contributed by atoms with Crippen molar-refractivity contribution in [2.24, 2.45) is 0 Å². The fraction of sp³-hybridized carbons (Fsp3) is 0.350. The molecule has 1 aliphatic heterocycles. The van der Waals surface area contributed by atoms with Crippen LogP contribution in [0.25, 0.3) is 0 Å². The molecule has 0 unspecified atom stereocenters. The minimum atomic E-state index is -0.238. The quantitative estimate of drug-likeness (QED) is 0.878. The molecule has 0 bridgehead atoms. The van der Waals surface area contributed by atoms with Crippen LogP contribution in [0.2, 0.25) is 0 Å². The van der Waals surface area contributed by atoms with Crippen molar-refractivity contribution in [3.05, 3.63) is 54.1 Å². The molecule has 1 aliphatic rings. The Bertz CT molecular complexity index is 728. The lowest BCUT2D eigenvalue weighted by molar-refractivity contribution is -0.123. The molecule has 0 fully saturated rings. The molecule has 2 aromatic carbocycles. The van der Waals surface area contributed by atoms with Crippen LogP contribution in [-0.4, -0.2) is 32.3 Å². The zero-order chi connectivity index (χ0) is 17.7. The third kappa shape index (κ3) is 4.44. The van der Waals surface area contributed by atoms with E-state index in [2.05, 4.69) is 19.2 Å². The van der Waals surface area contributed by atoms with Gasteiger partial charge in [0, 0.05) is 12.0 Å². The summed E-state index contributed by atoms with van der Waals surface area (Å²) in [6.07, 6.45) is 0. The van der Waals surface area contributed by atoms with Gasteiger partial charge in [-0.05, 0) is 29.8 Å². The summed E-state index contributed by atoms with van der Waals surface area (Å²) < 4.78 is 16.7. The van der Waals surface area contributed by atoms with Crippen LogP contribution >= 0.6 is 0 Å². The first-order valence-electron chi connectivity index (χ1n) is 8.39. The zero-order valence-electron chi connectivity index (χ0n) is 14.6. The fourth-order valence-electron chi connectivity index (χ4n) is 2.60. The third-order valence-electron chi connectivity index (χ3n) is 4.16. The van der Waals surface area contributed by atoms with E-state index >= 15 is 0 Å². The second kappa shape index (κ2) is 7.47. The standard InChI is InChI=1S/C20H23NO4/c1-20(2,15-8-9-17-18(12-15)24-11-10-23-17)14-21-19(22)13-25-16-6-4-3-5-7-16/h3-9,12H,10-11,13-14H2,1-2H3,(H,21,22). The van der Waals surface area contributed by atoms with Crippen molar-refractivity contribution < 1.29 is 19.0 Å². The molecule has 1 N–H and O–H groups in total. The highest BCUT2D eigenvalue weighted by Gasteiger charge is 2.24. The summed E-state index contributed by atoms with van der Waals surface area (Å²) >= 11 is 0. The van der Waals surface area contributed by atoms with Crippen molar-refractivity contribution in [1.82, 2.24) is 5.32 Å². The first kappa shape index (κ1) is 17.1. The summed E-state index contributed by atoms with van der Waals surface area (Å²) in [6, 6.07) is 15.2. The maximum atomic E-state index is 12.0. The molecular formula is C20H23NO4. The average Bonchev–Trinajstić information content (AvgIpc) is 2.65. The number of ether oxygens (including phenoxy) is 3. The Balaban J connectivity index is 1.55. The predicted molar refractivity (Wildman–Crippen MR) is 95.4 cm³/mol. The van der Waals surface area contributed by atoms with Crippen molar-refractivity contribution in [3.8, 4) is 17.2 Å². The predicted octanol–water partition coefficient (Wildman–Crippen LogP) is 2.93. The third-order valence-corrected chi connectivity index (χ3v) is 4.16. The molecule has 1 amide bonds. The highest BCUT2D eigenvalue weighted by Crippen LogP contribution is 2.34. The first-order valence-corrected chi connectivity index (χ1v) is 8.39. The number of para-hydroxylation sites is 1. The number of carbonyl (C=O) groups excluding carboxylic acids is 1. The van der Waals surface area contributed by atoms with Crippen molar-refractivity contribution in [3.63, 3.8) is 0 Å². The van der Waals surface area contributed by atoms with E-state index < -0.39 is 0 Å². The molecule has 0 saturated heterocycles. The molecule has 5 heteroatoms. The van der Waals surface area contributed by atoms with E-state index in [9.17, 15) is 4.79 Å². The van der Waals surface area contributed by atoms with Crippen molar-refractivity contribution in [1.29, 1.82) is 0 Å². The Morgan fingerprint density at radius 1 is 1.08 bits per heavy atom. The van der Waals surface area contributed by atoms with E-state index in [-0.39, 0.29) is 17.9 Å². The Hall–Kier alpha value is -2.69. The molecule has 5 nitrogen and oxygen atoms in total. The minimum Gasteiger partial charge on any atom is -0.486 e. The second-order valence-electron chi connectivity index (χ2n) is 6.62. The molecule has 0 atom stereocenters. The molecule has 0 spiro atoms. The number of hydrogen-bond donors (Lipinski definition) is 1. The number of amides is 1. The summed E-state index contributed by atoms with van der Waals surface area (Å²) in [4.78, 5) is 12.0. The van der Waals surface area contributed by atoms with Crippen LogP contribution in [0, 0.1) is 0 Å². The maximum absolute atomic E-state index is 12.0. The van der Waals surface area contributed by atoms with Crippen molar-refractivity contribution >= 4 is 5.91 Å². The molecule has 25 heavy (non-hydrogen) atoms. The molecule has 0 aliphatic carbocycles. The molecule has 2 aromatic rings. The lowest BCUT2D eigenvalue weighted by Gasteiger charge is -2.27. The largest absolute Gasteiger partial charge is 0.486 e. The number of fused-ring (bicyclic) bond motifs is 1. The van der Waals surface area contributed by atoms with E-state index in [0.717, 1.165) is 17.1 Å². The van der Waals surface area contributed by atoms with E-state index in [1.54, 1.807) is 0 Å². The van der Waals surface area contributed by atoms with Gasteiger partial charge >= 0.3 is 0 Å². The first-order chi connectivity index (χ1) is 12.0. The molecule has 3 rings (SSSR count). The number of benzene rings is 2. The van der Waals surface area contributed by atoms with Gasteiger partial charge < -0.3 is 19.5 Å². The van der Waals surface area contributed by atoms with Crippen molar-refractivity contribution in [2.75, 3.05) is 26.4 Å². The summed E-state index contributed by atoms with van der Waals surface area (Å²) in [5.41, 5.74) is 0.846. The highest BCUT2D eigenvalue weighted by molar-refractivity contribution is 5.77. The van der Waals surface area contributed by atoms with Gasteiger partial charge in [-0.3, -0.25) is 4.79 Å². The summed E-state index contributed by atoms with van der Waals surface area (Å²) in [5.74, 6) is 2.07. The van der Waals surface area contributed by atoms with Gasteiger partial charge in [0.25, 0.3) is 5.91 Å². The number of hydrogen-bond acceptors (Lipinski definition) is 4. The van der Waals surface area contributed by atoms with Gasteiger partial charge in [0.15, 0.2) is 18.1 Å². The molecule has 0 saturated carbocycles. The molecule has 1 heterocycles. The molecule has 0 radical (unpaired) electrons. The van der Waals surface area contributed by atoms with Crippen LogP contribution in [0.15, 0.2) is 48.5 Å². The van der Waals surface area contributed by atoms with Gasteiger partial charge in [-0.2, -0.15) is 0 Å². The van der Waals surface area contributed by atoms with Gasteiger partial charge in [-0.15, -0.1) is 0 Å². The summed E-state index contributed by atoms with van der Waals surface area (Å²) in [5, 5.41) is 2.94. The van der Waals surface area contributed by atoms with E-state index in [4.69, 9.17) is 14.2 Å². The Morgan fingerprint density at radius 3 is 2.56 bits per heavy atom. The lowest BCUT2D eigenvalue weighted by atomic mass is 9.84. The van der Waals surface area contributed by atoms with Crippen molar-refractivity contribution in [2.45, 2.75) is 19.3 Å². The normalized spacial score (nSPS) is 13.2. The van der Waals surface area contributed by atoms with Crippen LogP contribution in [-0.2, 0) is 10.2 Å². The number of rotatable bonds is 6. The highest BCUT2D eigenvalue weighted by atomic mass is 16.6. The number of carbonyl (C=O) groups is 1. The molecule has 0 aromatic heterocycles. The average molecular weight is 341 g/mol. The van der Waals surface area contributed by atoms with Gasteiger partial charge in [0.1, 0.15) is 19.0 Å². The summed E-state index contributed by atoms with van der Waals surface area (Å²) in [7, 11) is 0. The Labute approximate surface area is 147 Å². The van der Waals surface area contributed by atoms with Gasteiger partial charge in [0.2, 0.25) is 0 Å². The molecular weight excluding hydrogens is 318 g/mol. The van der Waals surface area contributed by atoms with Crippen LogP contribution in [0.3, 0.4) is 0 Å². The van der Waals surface area contributed by atoms with Crippen LogP contribution < -0.4 is 19.5 Å².